The monoisotopic (exact) mass is 528 g/mol. The summed E-state index contributed by atoms with van der Waals surface area (Å²) in [5, 5.41) is 10.2. The van der Waals surface area contributed by atoms with E-state index in [4.69, 9.17) is 9.90 Å². The van der Waals surface area contributed by atoms with Crippen LogP contribution in [0.2, 0.25) is 0 Å². The third kappa shape index (κ3) is 7.22. The highest BCUT2D eigenvalue weighted by atomic mass is 32.2. The molecule has 0 spiro atoms. The van der Waals surface area contributed by atoms with Crippen molar-refractivity contribution in [1.82, 2.24) is 5.32 Å². The minimum atomic E-state index is -5.08. The number of carbonyl (C=O) groups is 2. The maximum absolute atomic E-state index is 12.9. The number of hydrogen-bond acceptors (Lipinski definition) is 4. The molecule has 0 saturated heterocycles. The fourth-order valence-electron chi connectivity index (χ4n) is 3.97. The molecule has 0 bridgehead atoms. The number of carbonyl (C=O) groups excluding carboxylic acids is 1. The maximum Gasteiger partial charge on any atom is 0.490 e. The molecule has 0 heterocycles. The van der Waals surface area contributed by atoms with Gasteiger partial charge in [-0.3, -0.25) is 9.52 Å². The van der Waals surface area contributed by atoms with Crippen molar-refractivity contribution in [3.05, 3.63) is 58.7 Å². The SMILES string of the molecule is CCCCNC(=O)C1(c2ccc(NS(=O)(=O)c3c(C)cc(C)cc3C)cc2)CC1.O=C(O)C(F)(F)F. The number of alkyl halides is 3. The zero-order valence-corrected chi connectivity index (χ0v) is 21.4. The van der Waals surface area contributed by atoms with E-state index < -0.39 is 27.6 Å². The van der Waals surface area contributed by atoms with Gasteiger partial charge in [0.25, 0.3) is 10.0 Å². The molecule has 0 unspecified atom stereocenters. The lowest BCUT2D eigenvalue weighted by molar-refractivity contribution is -0.192. The van der Waals surface area contributed by atoms with Crippen LogP contribution in [0.15, 0.2) is 41.3 Å². The van der Waals surface area contributed by atoms with Gasteiger partial charge in [-0.2, -0.15) is 13.2 Å². The van der Waals surface area contributed by atoms with Gasteiger partial charge in [0.1, 0.15) is 0 Å². The Balaban J connectivity index is 0.000000572. The molecule has 7 nitrogen and oxygen atoms in total. The van der Waals surface area contributed by atoms with Crippen molar-refractivity contribution in [2.75, 3.05) is 11.3 Å². The van der Waals surface area contributed by atoms with Crippen LogP contribution >= 0.6 is 0 Å². The van der Waals surface area contributed by atoms with Crippen LogP contribution in [0, 0.1) is 20.8 Å². The third-order valence-electron chi connectivity index (χ3n) is 5.81. The van der Waals surface area contributed by atoms with Crippen LogP contribution < -0.4 is 10.0 Å². The number of amides is 1. The molecule has 198 valence electrons. The predicted octanol–water partition coefficient (Wildman–Crippen LogP) is 4.99. The summed E-state index contributed by atoms with van der Waals surface area (Å²) < 4.78 is 60.3. The number of carboxylic acid groups (broad SMARTS) is 1. The average Bonchev–Trinajstić information content (AvgIpc) is 3.55. The summed E-state index contributed by atoms with van der Waals surface area (Å²) in [4.78, 5) is 21.8. The number of sulfonamides is 1. The van der Waals surface area contributed by atoms with Gasteiger partial charge >= 0.3 is 12.1 Å². The minimum absolute atomic E-state index is 0.0742. The van der Waals surface area contributed by atoms with Gasteiger partial charge < -0.3 is 10.4 Å². The second-order valence-corrected chi connectivity index (χ2v) is 10.5. The van der Waals surface area contributed by atoms with Crippen LogP contribution in [0.25, 0.3) is 0 Å². The van der Waals surface area contributed by atoms with E-state index in [0.29, 0.717) is 17.1 Å². The molecule has 0 aromatic heterocycles. The summed E-state index contributed by atoms with van der Waals surface area (Å²) >= 11 is 0. The van der Waals surface area contributed by atoms with E-state index in [1.54, 1.807) is 12.1 Å². The molecular weight excluding hydrogens is 497 g/mol. The van der Waals surface area contributed by atoms with Crippen molar-refractivity contribution < 1.29 is 36.3 Å². The second kappa shape index (κ2) is 11.3. The third-order valence-corrected chi connectivity index (χ3v) is 7.49. The lowest BCUT2D eigenvalue weighted by Gasteiger charge is -2.17. The largest absolute Gasteiger partial charge is 0.490 e. The van der Waals surface area contributed by atoms with Crippen molar-refractivity contribution in [3.63, 3.8) is 0 Å². The van der Waals surface area contributed by atoms with E-state index in [1.807, 2.05) is 45.0 Å². The number of aliphatic carboxylic acids is 1. The first kappa shape index (κ1) is 29.2. The Bertz CT molecular complexity index is 1180. The number of benzene rings is 2. The molecule has 1 amide bonds. The molecular formula is C25H31F3N2O5S. The Morgan fingerprint density at radius 3 is 1.94 bits per heavy atom. The number of halogens is 3. The van der Waals surface area contributed by atoms with Gasteiger partial charge in [0.15, 0.2) is 0 Å². The van der Waals surface area contributed by atoms with Crippen molar-refractivity contribution >= 4 is 27.6 Å². The molecule has 1 aliphatic rings. The zero-order chi connectivity index (χ0) is 27.3. The van der Waals surface area contributed by atoms with E-state index in [9.17, 15) is 26.4 Å². The van der Waals surface area contributed by atoms with Crippen molar-refractivity contribution in [3.8, 4) is 0 Å². The lowest BCUT2D eigenvalue weighted by Crippen LogP contribution is -2.35. The first-order chi connectivity index (χ1) is 16.6. The van der Waals surface area contributed by atoms with Gasteiger partial charge in [-0.1, -0.05) is 43.2 Å². The number of carboxylic acids is 1. The average molecular weight is 529 g/mol. The van der Waals surface area contributed by atoms with E-state index in [0.717, 1.165) is 47.9 Å². The topological polar surface area (TPSA) is 113 Å². The minimum Gasteiger partial charge on any atom is -0.475 e. The van der Waals surface area contributed by atoms with E-state index in [2.05, 4.69) is 17.0 Å². The molecule has 0 radical (unpaired) electrons. The fourth-order valence-corrected chi connectivity index (χ4v) is 5.49. The molecule has 36 heavy (non-hydrogen) atoms. The molecule has 0 aliphatic heterocycles. The Kier molecular flexibility index (Phi) is 9.17. The molecule has 3 rings (SSSR count). The summed E-state index contributed by atoms with van der Waals surface area (Å²) in [7, 11) is -3.68. The van der Waals surface area contributed by atoms with Crippen molar-refractivity contribution in [2.45, 2.75) is 69.9 Å². The van der Waals surface area contributed by atoms with E-state index in [-0.39, 0.29) is 5.91 Å². The summed E-state index contributed by atoms with van der Waals surface area (Å²) in [5.74, 6) is -2.68. The molecule has 1 saturated carbocycles. The van der Waals surface area contributed by atoms with Gasteiger partial charge in [0, 0.05) is 12.2 Å². The highest BCUT2D eigenvalue weighted by Gasteiger charge is 2.51. The zero-order valence-electron chi connectivity index (χ0n) is 20.6. The van der Waals surface area contributed by atoms with Crippen molar-refractivity contribution in [1.29, 1.82) is 0 Å². The Morgan fingerprint density at radius 2 is 1.53 bits per heavy atom. The van der Waals surface area contributed by atoms with Gasteiger partial charge in [0.2, 0.25) is 5.91 Å². The first-order valence-corrected chi connectivity index (χ1v) is 12.9. The number of rotatable bonds is 8. The number of aryl methyl sites for hydroxylation is 3. The smallest absolute Gasteiger partial charge is 0.475 e. The molecule has 1 aliphatic carbocycles. The van der Waals surface area contributed by atoms with Crippen molar-refractivity contribution in [2.24, 2.45) is 0 Å². The Hall–Kier alpha value is -3.08. The summed E-state index contributed by atoms with van der Waals surface area (Å²) in [5.41, 5.74) is 3.48. The van der Waals surface area contributed by atoms with E-state index in [1.165, 1.54) is 0 Å². The number of unbranched alkanes of at least 4 members (excludes halogenated alkanes) is 1. The molecule has 1 fully saturated rings. The van der Waals surface area contributed by atoms with Crippen LogP contribution in [-0.2, 0) is 25.0 Å². The molecule has 3 N–H and O–H groups in total. The van der Waals surface area contributed by atoms with Gasteiger partial charge in [-0.15, -0.1) is 0 Å². The highest BCUT2D eigenvalue weighted by molar-refractivity contribution is 7.92. The summed E-state index contributed by atoms with van der Waals surface area (Å²) in [6.45, 7) is 8.37. The quantitative estimate of drug-likeness (QED) is 0.418. The van der Waals surface area contributed by atoms with E-state index >= 15 is 0 Å². The maximum atomic E-state index is 12.9. The number of anilines is 1. The van der Waals surface area contributed by atoms with Gasteiger partial charge in [0.05, 0.1) is 10.3 Å². The van der Waals surface area contributed by atoms with Gasteiger partial charge in [-0.05, 0) is 68.9 Å². The molecule has 2 aromatic rings. The lowest BCUT2D eigenvalue weighted by atomic mass is 9.94. The highest BCUT2D eigenvalue weighted by Crippen LogP contribution is 2.48. The normalized spacial score (nSPS) is 14.3. The molecule has 2 aromatic carbocycles. The van der Waals surface area contributed by atoms with Crippen LogP contribution in [0.4, 0.5) is 18.9 Å². The Labute approximate surface area is 209 Å². The second-order valence-electron chi connectivity index (χ2n) is 8.91. The Morgan fingerprint density at radius 1 is 1.03 bits per heavy atom. The first-order valence-electron chi connectivity index (χ1n) is 11.4. The number of hydrogen-bond donors (Lipinski definition) is 3. The molecule has 0 atom stereocenters. The van der Waals surface area contributed by atoms with Gasteiger partial charge in [-0.25, -0.2) is 13.2 Å². The predicted molar refractivity (Wildman–Crippen MR) is 130 cm³/mol. The van der Waals surface area contributed by atoms with Crippen LogP contribution in [0.1, 0.15) is 54.9 Å². The van der Waals surface area contributed by atoms with Crippen LogP contribution in [0.3, 0.4) is 0 Å². The van der Waals surface area contributed by atoms with Crippen LogP contribution in [0.5, 0.6) is 0 Å². The summed E-state index contributed by atoms with van der Waals surface area (Å²) in [6.07, 6.45) is -1.40. The van der Waals surface area contributed by atoms with Crippen LogP contribution in [-0.4, -0.2) is 38.1 Å². The number of nitrogens with one attached hydrogen (secondary N) is 2. The summed E-state index contributed by atoms with van der Waals surface area (Å²) in [6, 6.07) is 11.0. The fraction of sp³-hybridized carbons (Fsp3) is 0.440. The molecule has 11 heteroatoms. The standard InChI is InChI=1S/C23H30N2O3S.C2HF3O2/c1-5-6-13-24-22(26)23(11-12-23)19-7-9-20(10-8-19)25-29(27,28)21-17(3)14-16(2)15-18(21)4;3-2(4,5)1(6)7/h7-10,14-15,25H,5-6,11-13H2,1-4H3,(H,24,26);(H,6,7).